The summed E-state index contributed by atoms with van der Waals surface area (Å²) in [6, 6.07) is 12.0. The zero-order valence-electron chi connectivity index (χ0n) is 26.2. The zero-order valence-corrected chi connectivity index (χ0v) is 26.2. The largest absolute Gasteiger partial charge is 0.378 e. The highest BCUT2D eigenvalue weighted by molar-refractivity contribution is 6.11. The molecule has 5 heterocycles. The van der Waals surface area contributed by atoms with Crippen molar-refractivity contribution in [3.63, 3.8) is 0 Å². The van der Waals surface area contributed by atoms with E-state index in [0.717, 1.165) is 11.3 Å². The molecule has 0 radical (unpaired) electrons. The summed E-state index contributed by atoms with van der Waals surface area (Å²) in [6.45, 7) is 8.68. The summed E-state index contributed by atoms with van der Waals surface area (Å²) in [5.41, 5.74) is 3.97. The van der Waals surface area contributed by atoms with Crippen molar-refractivity contribution in [2.45, 2.75) is 32.6 Å². The number of rotatable bonds is 6. The SMILES string of the molecule is Cn1nc(-c2cccc(N3CCc4cc(C(C)(C)C)ncc4C3=O)c2C=O)cc(Nc2ccc(C(=O)N3CCOCC3)cn2)c1=O. The highest BCUT2D eigenvalue weighted by Gasteiger charge is 2.30. The van der Waals surface area contributed by atoms with Gasteiger partial charge in [0.2, 0.25) is 0 Å². The Labute approximate surface area is 266 Å². The van der Waals surface area contributed by atoms with Gasteiger partial charge in [-0.2, -0.15) is 5.10 Å². The number of aldehydes is 1. The number of morpholine rings is 1. The first-order valence-electron chi connectivity index (χ1n) is 15.1. The smallest absolute Gasteiger partial charge is 0.290 e. The number of pyridine rings is 2. The maximum Gasteiger partial charge on any atom is 0.290 e. The third-order valence-corrected chi connectivity index (χ3v) is 8.24. The van der Waals surface area contributed by atoms with Crippen LogP contribution in [-0.2, 0) is 23.6 Å². The van der Waals surface area contributed by atoms with Crippen molar-refractivity contribution in [2.24, 2.45) is 7.05 Å². The quantitative estimate of drug-likeness (QED) is 0.319. The fourth-order valence-electron chi connectivity index (χ4n) is 5.66. The van der Waals surface area contributed by atoms with Gasteiger partial charge in [-0.1, -0.05) is 32.9 Å². The first kappa shape index (κ1) is 30.8. The predicted octanol–water partition coefficient (Wildman–Crippen LogP) is 3.77. The van der Waals surface area contributed by atoms with Crippen molar-refractivity contribution in [1.82, 2.24) is 24.6 Å². The molecule has 0 unspecified atom stereocenters. The first-order chi connectivity index (χ1) is 22.0. The second-order valence-corrected chi connectivity index (χ2v) is 12.4. The minimum Gasteiger partial charge on any atom is -0.378 e. The summed E-state index contributed by atoms with van der Waals surface area (Å²) in [5, 5.41) is 7.46. The van der Waals surface area contributed by atoms with Gasteiger partial charge in [0.15, 0.2) is 6.29 Å². The Bertz CT molecular complexity index is 1890. The molecule has 12 nitrogen and oxygen atoms in total. The second kappa shape index (κ2) is 12.3. The van der Waals surface area contributed by atoms with Gasteiger partial charge in [0, 0.05) is 61.3 Å². The minimum absolute atomic E-state index is 0.132. The molecule has 46 heavy (non-hydrogen) atoms. The van der Waals surface area contributed by atoms with E-state index in [1.807, 2.05) is 6.07 Å². The highest BCUT2D eigenvalue weighted by Crippen LogP contribution is 2.34. The Hall–Kier alpha value is -5.23. The average molecular weight is 622 g/mol. The number of nitrogens with zero attached hydrogens (tertiary/aromatic N) is 6. The lowest BCUT2D eigenvalue weighted by Gasteiger charge is -2.31. The van der Waals surface area contributed by atoms with Crippen LogP contribution in [0.25, 0.3) is 11.3 Å². The van der Waals surface area contributed by atoms with Crippen molar-refractivity contribution in [3.8, 4) is 11.3 Å². The van der Waals surface area contributed by atoms with Crippen LogP contribution in [0.4, 0.5) is 17.2 Å². The summed E-state index contributed by atoms with van der Waals surface area (Å²) in [4.78, 5) is 64.3. The third-order valence-electron chi connectivity index (χ3n) is 8.24. The summed E-state index contributed by atoms with van der Waals surface area (Å²) in [5.74, 6) is -0.00265. The lowest BCUT2D eigenvalue weighted by molar-refractivity contribution is 0.0302. The molecule has 236 valence electrons. The number of aromatic nitrogens is 4. The standard InChI is InChI=1S/C34H35N7O5/c1-34(2,3)29-16-21-10-11-41(32(44)24(21)19-35-29)28-7-5-6-23(25(28)20-42)26-17-27(33(45)39(4)38-26)37-30-9-8-22(18-36-30)31(43)40-12-14-46-15-13-40/h5-9,16-20H,10-15H2,1-4H3,(H,36,37). The summed E-state index contributed by atoms with van der Waals surface area (Å²) in [6.07, 6.45) is 4.42. The number of amides is 2. The van der Waals surface area contributed by atoms with E-state index >= 15 is 0 Å². The highest BCUT2D eigenvalue weighted by atomic mass is 16.5. The van der Waals surface area contributed by atoms with Crippen LogP contribution in [0, 0.1) is 0 Å². The number of ether oxygens (including phenoxy) is 1. The van der Waals surface area contributed by atoms with Crippen LogP contribution in [0.15, 0.2) is 59.7 Å². The van der Waals surface area contributed by atoms with Crippen molar-refractivity contribution in [1.29, 1.82) is 0 Å². The number of hydrogen-bond acceptors (Lipinski definition) is 9. The molecule has 1 saturated heterocycles. The molecule has 2 aliphatic heterocycles. The number of fused-ring (bicyclic) bond motifs is 1. The molecule has 0 spiro atoms. The van der Waals surface area contributed by atoms with Crippen LogP contribution in [0.2, 0.25) is 0 Å². The van der Waals surface area contributed by atoms with E-state index in [1.54, 1.807) is 52.4 Å². The predicted molar refractivity (Wildman–Crippen MR) is 173 cm³/mol. The molecule has 0 bridgehead atoms. The first-order valence-corrected chi connectivity index (χ1v) is 15.1. The van der Waals surface area contributed by atoms with Crippen molar-refractivity contribution >= 4 is 35.3 Å². The van der Waals surface area contributed by atoms with E-state index in [-0.39, 0.29) is 28.5 Å². The van der Waals surface area contributed by atoms with E-state index < -0.39 is 5.56 Å². The van der Waals surface area contributed by atoms with Crippen LogP contribution in [-0.4, -0.2) is 75.6 Å². The number of carbonyl (C=O) groups is 3. The molecular formula is C34H35N7O5. The van der Waals surface area contributed by atoms with Gasteiger partial charge in [-0.3, -0.25) is 24.2 Å². The molecule has 0 atom stereocenters. The van der Waals surface area contributed by atoms with Crippen LogP contribution < -0.4 is 15.8 Å². The van der Waals surface area contributed by atoms with E-state index in [4.69, 9.17) is 4.74 Å². The van der Waals surface area contributed by atoms with Crippen molar-refractivity contribution < 1.29 is 19.1 Å². The maximum absolute atomic E-state index is 13.7. The Morgan fingerprint density at radius 1 is 0.978 bits per heavy atom. The van der Waals surface area contributed by atoms with E-state index in [9.17, 15) is 19.2 Å². The monoisotopic (exact) mass is 621 g/mol. The zero-order chi connectivity index (χ0) is 32.6. The lowest BCUT2D eigenvalue weighted by Crippen LogP contribution is -2.40. The van der Waals surface area contributed by atoms with Crippen LogP contribution in [0.1, 0.15) is 63.1 Å². The second-order valence-electron chi connectivity index (χ2n) is 12.4. The maximum atomic E-state index is 13.7. The molecule has 1 N–H and O–H groups in total. The molecule has 6 rings (SSSR count). The van der Waals surface area contributed by atoms with Crippen molar-refractivity contribution in [2.75, 3.05) is 43.1 Å². The Morgan fingerprint density at radius 2 is 1.76 bits per heavy atom. The molecule has 1 fully saturated rings. The van der Waals surface area contributed by atoms with Gasteiger partial charge in [0.1, 0.15) is 11.5 Å². The van der Waals surface area contributed by atoms with Gasteiger partial charge in [-0.25, -0.2) is 9.67 Å². The Morgan fingerprint density at radius 3 is 2.46 bits per heavy atom. The van der Waals surface area contributed by atoms with E-state index in [0.29, 0.717) is 79.4 Å². The molecular weight excluding hydrogens is 586 g/mol. The fourth-order valence-corrected chi connectivity index (χ4v) is 5.66. The number of nitrogens with one attached hydrogen (secondary N) is 1. The van der Waals surface area contributed by atoms with E-state index in [1.165, 1.54) is 17.9 Å². The van der Waals surface area contributed by atoms with Crippen molar-refractivity contribution in [3.05, 3.63) is 93.2 Å². The number of benzene rings is 1. The number of carbonyl (C=O) groups excluding carboxylic acids is 3. The minimum atomic E-state index is -0.409. The van der Waals surface area contributed by atoms with Gasteiger partial charge in [-0.15, -0.1) is 0 Å². The molecule has 4 aromatic rings. The lowest BCUT2D eigenvalue weighted by atomic mass is 9.88. The fraction of sp³-hybridized carbons (Fsp3) is 0.324. The topological polar surface area (TPSA) is 140 Å². The van der Waals surface area contributed by atoms with Crippen LogP contribution in [0.5, 0.6) is 0 Å². The van der Waals surface area contributed by atoms with Gasteiger partial charge < -0.3 is 19.9 Å². The molecule has 0 aliphatic carbocycles. The number of aryl methyl sites for hydroxylation is 1. The molecule has 12 heteroatoms. The third kappa shape index (κ3) is 5.91. The molecule has 3 aromatic heterocycles. The summed E-state index contributed by atoms with van der Waals surface area (Å²) in [7, 11) is 1.52. The van der Waals surface area contributed by atoms with Crippen LogP contribution in [0.3, 0.4) is 0 Å². The van der Waals surface area contributed by atoms with Gasteiger partial charge in [-0.05, 0) is 42.3 Å². The van der Waals surface area contributed by atoms with Gasteiger partial charge >= 0.3 is 0 Å². The van der Waals surface area contributed by atoms with Gasteiger partial charge in [0.25, 0.3) is 17.4 Å². The normalized spacial score (nSPS) is 15.0. The number of hydrogen-bond donors (Lipinski definition) is 1. The van der Waals surface area contributed by atoms with Crippen LogP contribution >= 0.6 is 0 Å². The van der Waals surface area contributed by atoms with E-state index in [2.05, 4.69) is 41.2 Å². The van der Waals surface area contributed by atoms with Gasteiger partial charge in [0.05, 0.1) is 35.7 Å². The Balaban J connectivity index is 1.29. The number of anilines is 3. The molecule has 2 aliphatic rings. The summed E-state index contributed by atoms with van der Waals surface area (Å²) < 4.78 is 6.50. The Kier molecular flexibility index (Phi) is 8.22. The summed E-state index contributed by atoms with van der Waals surface area (Å²) >= 11 is 0. The average Bonchev–Trinajstić information content (AvgIpc) is 3.06. The molecule has 2 amide bonds. The molecule has 0 saturated carbocycles. The molecule has 1 aromatic carbocycles.